The van der Waals surface area contributed by atoms with Crippen LogP contribution in [0, 0.1) is 0 Å². The highest BCUT2D eigenvalue weighted by molar-refractivity contribution is 5.81. The highest BCUT2D eigenvalue weighted by Crippen LogP contribution is 2.12. The van der Waals surface area contributed by atoms with Crippen molar-refractivity contribution in [3.05, 3.63) is 35.9 Å². The Hall–Kier alpha value is -1.92. The smallest absolute Gasteiger partial charge is 0.335 e. The summed E-state index contributed by atoms with van der Waals surface area (Å²) in [5.41, 5.74) is 1.24. The largest absolute Gasteiger partial charge is 0.454 e. The van der Waals surface area contributed by atoms with Gasteiger partial charge in [0, 0.05) is 13.2 Å². The highest BCUT2D eigenvalue weighted by atomic mass is 16.6. The van der Waals surface area contributed by atoms with Crippen molar-refractivity contribution in [2.75, 3.05) is 26.4 Å². The van der Waals surface area contributed by atoms with Crippen molar-refractivity contribution in [1.29, 1.82) is 0 Å². The quantitative estimate of drug-likeness (QED) is 0.516. The first-order chi connectivity index (χ1) is 12.1. The number of amides is 1. The molecule has 2 atom stereocenters. The zero-order valence-corrected chi connectivity index (χ0v) is 14.7. The lowest BCUT2D eigenvalue weighted by Gasteiger charge is -2.15. The lowest BCUT2D eigenvalue weighted by molar-refractivity contribution is -0.160. The molecule has 1 N–H and O–H groups in total. The van der Waals surface area contributed by atoms with Crippen LogP contribution in [0.25, 0.3) is 0 Å². The molecule has 1 saturated heterocycles. The number of aryl methyl sites for hydroxylation is 1. The monoisotopic (exact) mass is 349 g/mol. The van der Waals surface area contributed by atoms with Crippen molar-refractivity contribution in [3.8, 4) is 0 Å². The molecule has 1 amide bonds. The van der Waals surface area contributed by atoms with Gasteiger partial charge in [-0.05, 0) is 38.2 Å². The molecule has 2 rings (SSSR count). The Morgan fingerprint density at radius 3 is 2.84 bits per heavy atom. The molecule has 6 nitrogen and oxygen atoms in total. The van der Waals surface area contributed by atoms with Gasteiger partial charge in [-0.15, -0.1) is 0 Å². The van der Waals surface area contributed by atoms with Crippen LogP contribution >= 0.6 is 0 Å². The lowest BCUT2D eigenvalue weighted by Crippen LogP contribution is -2.33. The second kappa shape index (κ2) is 10.8. The maximum Gasteiger partial charge on any atom is 0.335 e. The number of hydrogen-bond acceptors (Lipinski definition) is 5. The molecule has 1 aromatic rings. The molecule has 1 heterocycles. The van der Waals surface area contributed by atoms with Gasteiger partial charge < -0.3 is 19.5 Å². The summed E-state index contributed by atoms with van der Waals surface area (Å²) in [6.07, 6.45) is 3.07. The van der Waals surface area contributed by atoms with E-state index in [2.05, 4.69) is 17.4 Å². The fourth-order valence-electron chi connectivity index (χ4n) is 2.57. The normalized spacial score (nSPS) is 17.9. The van der Waals surface area contributed by atoms with Crippen molar-refractivity contribution in [2.24, 2.45) is 0 Å². The average Bonchev–Trinajstić information content (AvgIpc) is 3.15. The van der Waals surface area contributed by atoms with Crippen LogP contribution in [0.4, 0.5) is 0 Å². The van der Waals surface area contributed by atoms with Crippen molar-refractivity contribution in [2.45, 2.75) is 44.8 Å². The van der Waals surface area contributed by atoms with Gasteiger partial charge in [0.25, 0.3) is 5.91 Å². The van der Waals surface area contributed by atoms with E-state index in [4.69, 9.17) is 14.2 Å². The molecule has 0 spiro atoms. The molecule has 1 fully saturated rings. The van der Waals surface area contributed by atoms with Crippen LogP contribution in [-0.2, 0) is 30.2 Å². The first kappa shape index (κ1) is 19.4. The van der Waals surface area contributed by atoms with E-state index in [0.717, 1.165) is 32.3 Å². The summed E-state index contributed by atoms with van der Waals surface area (Å²) in [4.78, 5) is 23.5. The number of rotatable bonds is 10. The van der Waals surface area contributed by atoms with Crippen LogP contribution in [0.3, 0.4) is 0 Å². The Labute approximate surface area is 148 Å². The van der Waals surface area contributed by atoms with Crippen LogP contribution in [0.15, 0.2) is 30.3 Å². The number of esters is 1. The number of carbonyl (C=O) groups is 2. The van der Waals surface area contributed by atoms with Gasteiger partial charge in [0.15, 0.2) is 12.7 Å². The molecule has 2 unspecified atom stereocenters. The number of carbonyl (C=O) groups excluding carboxylic acids is 2. The topological polar surface area (TPSA) is 73.9 Å². The summed E-state index contributed by atoms with van der Waals surface area (Å²) in [6, 6.07) is 10.1. The first-order valence-corrected chi connectivity index (χ1v) is 8.85. The summed E-state index contributed by atoms with van der Waals surface area (Å²) in [5, 5.41) is 2.75. The SMILES string of the molecule is CC(OCC1CCCO1)C(=O)OCC(=O)NCCCc1ccccc1. The van der Waals surface area contributed by atoms with Crippen molar-refractivity contribution < 1.29 is 23.8 Å². The van der Waals surface area contributed by atoms with E-state index < -0.39 is 12.1 Å². The van der Waals surface area contributed by atoms with Crippen molar-refractivity contribution >= 4 is 11.9 Å². The van der Waals surface area contributed by atoms with Gasteiger partial charge in [0.2, 0.25) is 0 Å². The second-order valence-electron chi connectivity index (χ2n) is 6.16. The van der Waals surface area contributed by atoms with E-state index in [1.807, 2.05) is 18.2 Å². The van der Waals surface area contributed by atoms with Gasteiger partial charge in [-0.1, -0.05) is 30.3 Å². The summed E-state index contributed by atoms with van der Waals surface area (Å²) in [7, 11) is 0. The van der Waals surface area contributed by atoms with Gasteiger partial charge in [0.05, 0.1) is 12.7 Å². The van der Waals surface area contributed by atoms with Crippen LogP contribution in [0.1, 0.15) is 31.7 Å². The number of benzene rings is 1. The Morgan fingerprint density at radius 2 is 2.12 bits per heavy atom. The molecule has 1 aliphatic heterocycles. The van der Waals surface area contributed by atoms with Crippen LogP contribution in [0.2, 0.25) is 0 Å². The highest BCUT2D eigenvalue weighted by Gasteiger charge is 2.21. The van der Waals surface area contributed by atoms with E-state index >= 15 is 0 Å². The van der Waals surface area contributed by atoms with E-state index in [0.29, 0.717) is 13.2 Å². The molecular formula is C19H27NO5. The van der Waals surface area contributed by atoms with Gasteiger partial charge in [-0.3, -0.25) is 4.79 Å². The Balaban J connectivity index is 1.52. The number of ether oxygens (including phenoxy) is 3. The summed E-state index contributed by atoms with van der Waals surface area (Å²) in [6.45, 7) is 3.02. The maximum absolute atomic E-state index is 11.8. The maximum atomic E-state index is 11.8. The van der Waals surface area contributed by atoms with Crippen molar-refractivity contribution in [3.63, 3.8) is 0 Å². The summed E-state index contributed by atoms with van der Waals surface area (Å²) in [5.74, 6) is -0.829. The van der Waals surface area contributed by atoms with E-state index in [9.17, 15) is 9.59 Å². The number of nitrogens with one attached hydrogen (secondary N) is 1. The first-order valence-electron chi connectivity index (χ1n) is 8.85. The number of hydrogen-bond donors (Lipinski definition) is 1. The Kier molecular flexibility index (Phi) is 8.42. The summed E-state index contributed by atoms with van der Waals surface area (Å²) >= 11 is 0. The minimum absolute atomic E-state index is 0.0585. The molecule has 25 heavy (non-hydrogen) atoms. The minimum Gasteiger partial charge on any atom is -0.454 e. The van der Waals surface area contributed by atoms with Crippen LogP contribution in [-0.4, -0.2) is 50.4 Å². The van der Waals surface area contributed by atoms with Gasteiger partial charge >= 0.3 is 5.97 Å². The van der Waals surface area contributed by atoms with E-state index in [1.54, 1.807) is 6.92 Å². The molecule has 0 bridgehead atoms. The molecular weight excluding hydrogens is 322 g/mol. The zero-order valence-electron chi connectivity index (χ0n) is 14.7. The Morgan fingerprint density at radius 1 is 1.32 bits per heavy atom. The molecule has 0 radical (unpaired) electrons. The van der Waals surface area contributed by atoms with Gasteiger partial charge in [0.1, 0.15) is 0 Å². The molecule has 1 aliphatic rings. The molecule has 0 aliphatic carbocycles. The van der Waals surface area contributed by atoms with Crippen LogP contribution in [0.5, 0.6) is 0 Å². The predicted octanol–water partition coefficient (Wildman–Crippen LogP) is 1.86. The molecule has 138 valence electrons. The summed E-state index contributed by atoms with van der Waals surface area (Å²) < 4.78 is 15.8. The Bertz CT molecular complexity index is 528. The lowest BCUT2D eigenvalue weighted by atomic mass is 10.1. The van der Waals surface area contributed by atoms with E-state index in [-0.39, 0.29) is 18.6 Å². The average molecular weight is 349 g/mol. The third kappa shape index (κ3) is 7.67. The minimum atomic E-state index is -0.699. The fourth-order valence-corrected chi connectivity index (χ4v) is 2.57. The third-order valence-electron chi connectivity index (χ3n) is 4.04. The van der Waals surface area contributed by atoms with E-state index in [1.165, 1.54) is 5.56 Å². The fraction of sp³-hybridized carbons (Fsp3) is 0.579. The predicted molar refractivity (Wildman–Crippen MR) is 93.1 cm³/mol. The molecule has 0 saturated carbocycles. The zero-order chi connectivity index (χ0) is 17.9. The standard InChI is InChI=1S/C19H27NO5/c1-15(24-13-17-10-6-12-23-17)19(22)25-14-18(21)20-11-5-9-16-7-3-2-4-8-16/h2-4,7-8,15,17H,5-6,9-14H2,1H3,(H,20,21). The second-order valence-corrected chi connectivity index (χ2v) is 6.16. The molecule has 6 heteroatoms. The third-order valence-corrected chi connectivity index (χ3v) is 4.04. The van der Waals surface area contributed by atoms with Crippen LogP contribution < -0.4 is 5.32 Å². The van der Waals surface area contributed by atoms with Crippen molar-refractivity contribution in [1.82, 2.24) is 5.32 Å². The molecule has 1 aromatic carbocycles. The molecule has 0 aromatic heterocycles. The van der Waals surface area contributed by atoms with Gasteiger partial charge in [-0.25, -0.2) is 4.79 Å². The van der Waals surface area contributed by atoms with Gasteiger partial charge in [-0.2, -0.15) is 0 Å².